The maximum atomic E-state index is 13.3. The molecule has 3 aromatic rings. The van der Waals surface area contributed by atoms with Crippen molar-refractivity contribution in [2.24, 2.45) is 7.05 Å². The molecule has 0 aliphatic heterocycles. The van der Waals surface area contributed by atoms with E-state index < -0.39 is 0 Å². The Morgan fingerprint density at radius 3 is 2.72 bits per heavy atom. The number of nitrogens with zero attached hydrogens (tertiary/aromatic N) is 3. The molecule has 0 saturated carbocycles. The van der Waals surface area contributed by atoms with Crippen LogP contribution in [0.3, 0.4) is 0 Å². The van der Waals surface area contributed by atoms with Gasteiger partial charge in [0.15, 0.2) is 11.0 Å². The standard InChI is InChI=1S/C18H17FN4OS/c1-12-8-9-14(19)10-15(12)20-16(24)11-25-18-22-21-17(23(18)2)13-6-4-3-5-7-13/h3-10H,11H2,1-2H3,(H,20,24). The highest BCUT2D eigenvalue weighted by Crippen LogP contribution is 2.23. The summed E-state index contributed by atoms with van der Waals surface area (Å²) in [5.41, 5.74) is 2.25. The van der Waals surface area contributed by atoms with Gasteiger partial charge in [-0.2, -0.15) is 0 Å². The van der Waals surface area contributed by atoms with Gasteiger partial charge in [-0.3, -0.25) is 4.79 Å². The van der Waals surface area contributed by atoms with Crippen molar-refractivity contribution >= 4 is 23.4 Å². The van der Waals surface area contributed by atoms with E-state index in [1.807, 2.05) is 48.9 Å². The van der Waals surface area contributed by atoms with Crippen LogP contribution in [0.2, 0.25) is 0 Å². The zero-order chi connectivity index (χ0) is 17.8. The maximum Gasteiger partial charge on any atom is 0.234 e. The molecule has 0 saturated heterocycles. The quantitative estimate of drug-likeness (QED) is 0.709. The molecular weight excluding hydrogens is 339 g/mol. The molecule has 1 N–H and O–H groups in total. The van der Waals surface area contributed by atoms with Gasteiger partial charge >= 0.3 is 0 Å². The number of nitrogens with one attached hydrogen (secondary N) is 1. The van der Waals surface area contributed by atoms with Crippen LogP contribution in [0.5, 0.6) is 0 Å². The van der Waals surface area contributed by atoms with Gasteiger partial charge in [-0.25, -0.2) is 4.39 Å². The van der Waals surface area contributed by atoms with Crippen molar-refractivity contribution in [1.29, 1.82) is 0 Å². The fraction of sp³-hybridized carbons (Fsp3) is 0.167. The molecule has 0 bridgehead atoms. The lowest BCUT2D eigenvalue weighted by Crippen LogP contribution is -2.15. The number of anilines is 1. The largest absolute Gasteiger partial charge is 0.325 e. The third-order valence-electron chi connectivity index (χ3n) is 3.67. The van der Waals surface area contributed by atoms with E-state index in [0.717, 1.165) is 17.0 Å². The zero-order valence-electron chi connectivity index (χ0n) is 13.9. The predicted octanol–water partition coefficient (Wildman–Crippen LogP) is 3.66. The Balaban J connectivity index is 1.65. The molecule has 0 radical (unpaired) electrons. The van der Waals surface area contributed by atoms with E-state index in [4.69, 9.17) is 0 Å². The number of aromatic nitrogens is 3. The van der Waals surface area contributed by atoms with E-state index in [1.165, 1.54) is 23.9 Å². The van der Waals surface area contributed by atoms with E-state index in [-0.39, 0.29) is 17.5 Å². The van der Waals surface area contributed by atoms with Gasteiger partial charge in [0.1, 0.15) is 5.82 Å². The van der Waals surface area contributed by atoms with Crippen LogP contribution in [-0.4, -0.2) is 26.4 Å². The summed E-state index contributed by atoms with van der Waals surface area (Å²) in [6, 6.07) is 14.0. The summed E-state index contributed by atoms with van der Waals surface area (Å²) in [5, 5.41) is 11.7. The second-order valence-corrected chi connectivity index (χ2v) is 6.47. The van der Waals surface area contributed by atoms with Crippen LogP contribution in [0, 0.1) is 12.7 Å². The van der Waals surface area contributed by atoms with Crippen LogP contribution in [0.15, 0.2) is 53.7 Å². The number of aryl methyl sites for hydroxylation is 1. The van der Waals surface area contributed by atoms with Gasteiger partial charge in [0, 0.05) is 18.3 Å². The van der Waals surface area contributed by atoms with Crippen molar-refractivity contribution in [3.05, 3.63) is 59.9 Å². The topological polar surface area (TPSA) is 59.8 Å². The Morgan fingerprint density at radius 1 is 1.20 bits per heavy atom. The van der Waals surface area contributed by atoms with E-state index >= 15 is 0 Å². The third kappa shape index (κ3) is 4.06. The number of amides is 1. The monoisotopic (exact) mass is 356 g/mol. The summed E-state index contributed by atoms with van der Waals surface area (Å²) < 4.78 is 15.1. The molecule has 0 fully saturated rings. The first kappa shape index (κ1) is 17.2. The normalized spacial score (nSPS) is 10.7. The minimum atomic E-state index is -0.380. The van der Waals surface area contributed by atoms with Crippen LogP contribution >= 0.6 is 11.8 Å². The molecule has 3 rings (SSSR count). The summed E-state index contributed by atoms with van der Waals surface area (Å²) in [5.74, 6) is 0.304. The fourth-order valence-electron chi connectivity index (χ4n) is 2.32. The van der Waals surface area contributed by atoms with Gasteiger partial charge in [0.05, 0.1) is 5.75 Å². The lowest BCUT2D eigenvalue weighted by molar-refractivity contribution is -0.113. The first-order valence-corrected chi connectivity index (χ1v) is 8.67. The van der Waals surface area contributed by atoms with Crippen molar-refractivity contribution in [2.75, 3.05) is 11.1 Å². The van der Waals surface area contributed by atoms with E-state index in [9.17, 15) is 9.18 Å². The average Bonchev–Trinajstić information content (AvgIpc) is 2.98. The molecule has 7 heteroatoms. The van der Waals surface area contributed by atoms with Crippen LogP contribution in [0.4, 0.5) is 10.1 Å². The molecule has 128 valence electrons. The molecule has 0 aliphatic carbocycles. The lowest BCUT2D eigenvalue weighted by atomic mass is 10.2. The van der Waals surface area contributed by atoms with Crippen LogP contribution < -0.4 is 5.32 Å². The minimum absolute atomic E-state index is 0.163. The Morgan fingerprint density at radius 2 is 1.96 bits per heavy atom. The van der Waals surface area contributed by atoms with Crippen LogP contribution in [0.25, 0.3) is 11.4 Å². The fourth-order valence-corrected chi connectivity index (χ4v) is 3.04. The zero-order valence-corrected chi connectivity index (χ0v) is 14.7. The van der Waals surface area contributed by atoms with Gasteiger partial charge in [0.2, 0.25) is 5.91 Å². The number of carbonyl (C=O) groups excluding carboxylic acids is 1. The number of halogens is 1. The Kier molecular flexibility index (Phi) is 5.14. The SMILES string of the molecule is Cc1ccc(F)cc1NC(=O)CSc1nnc(-c2ccccc2)n1C. The molecule has 25 heavy (non-hydrogen) atoms. The van der Waals surface area contributed by atoms with Crippen molar-refractivity contribution in [3.63, 3.8) is 0 Å². The average molecular weight is 356 g/mol. The maximum absolute atomic E-state index is 13.3. The number of rotatable bonds is 5. The first-order valence-electron chi connectivity index (χ1n) is 7.68. The molecule has 0 atom stereocenters. The van der Waals surface area contributed by atoms with Crippen molar-refractivity contribution in [3.8, 4) is 11.4 Å². The van der Waals surface area contributed by atoms with E-state index in [1.54, 1.807) is 6.07 Å². The Hall–Kier alpha value is -2.67. The third-order valence-corrected chi connectivity index (χ3v) is 4.69. The summed E-state index contributed by atoms with van der Waals surface area (Å²) in [6.07, 6.45) is 0. The summed E-state index contributed by atoms with van der Waals surface area (Å²) in [4.78, 5) is 12.1. The number of carbonyl (C=O) groups is 1. The smallest absolute Gasteiger partial charge is 0.234 e. The van der Waals surface area contributed by atoms with Gasteiger partial charge in [-0.05, 0) is 24.6 Å². The molecule has 5 nitrogen and oxygen atoms in total. The molecule has 0 aliphatic rings. The highest BCUT2D eigenvalue weighted by Gasteiger charge is 2.13. The second kappa shape index (κ2) is 7.48. The van der Waals surface area contributed by atoms with E-state index in [0.29, 0.717) is 10.8 Å². The highest BCUT2D eigenvalue weighted by atomic mass is 32.2. The Bertz CT molecular complexity index is 895. The summed E-state index contributed by atoms with van der Waals surface area (Å²) in [6.45, 7) is 1.82. The van der Waals surface area contributed by atoms with Crippen LogP contribution in [-0.2, 0) is 11.8 Å². The first-order chi connectivity index (χ1) is 12.0. The van der Waals surface area contributed by atoms with Gasteiger partial charge in [-0.1, -0.05) is 48.2 Å². The van der Waals surface area contributed by atoms with Crippen molar-refractivity contribution < 1.29 is 9.18 Å². The van der Waals surface area contributed by atoms with Gasteiger partial charge in [0.25, 0.3) is 0 Å². The lowest BCUT2D eigenvalue weighted by Gasteiger charge is -2.08. The van der Waals surface area contributed by atoms with E-state index in [2.05, 4.69) is 15.5 Å². The number of thioether (sulfide) groups is 1. The predicted molar refractivity (Wildman–Crippen MR) is 96.9 cm³/mol. The molecule has 2 aromatic carbocycles. The second-order valence-electron chi connectivity index (χ2n) is 5.53. The molecular formula is C18H17FN4OS. The molecule has 0 spiro atoms. The summed E-state index contributed by atoms with van der Waals surface area (Å²) in [7, 11) is 1.86. The Labute approximate surface area is 149 Å². The number of hydrogen-bond donors (Lipinski definition) is 1. The molecule has 0 unspecified atom stereocenters. The summed E-state index contributed by atoms with van der Waals surface area (Å²) >= 11 is 1.28. The van der Waals surface area contributed by atoms with Crippen molar-refractivity contribution in [1.82, 2.24) is 14.8 Å². The van der Waals surface area contributed by atoms with Gasteiger partial charge < -0.3 is 9.88 Å². The minimum Gasteiger partial charge on any atom is -0.325 e. The molecule has 1 amide bonds. The molecule has 1 aromatic heterocycles. The molecule has 1 heterocycles. The van der Waals surface area contributed by atoms with Gasteiger partial charge in [-0.15, -0.1) is 10.2 Å². The van der Waals surface area contributed by atoms with Crippen LogP contribution in [0.1, 0.15) is 5.56 Å². The highest BCUT2D eigenvalue weighted by molar-refractivity contribution is 7.99. The van der Waals surface area contributed by atoms with Crippen molar-refractivity contribution in [2.45, 2.75) is 12.1 Å². The number of benzene rings is 2. The number of hydrogen-bond acceptors (Lipinski definition) is 4.